The van der Waals surface area contributed by atoms with Crippen molar-refractivity contribution in [3.8, 4) is 5.75 Å². The molecule has 1 N–H and O–H groups in total. The molecule has 4 nitrogen and oxygen atoms in total. The lowest BCUT2D eigenvalue weighted by Gasteiger charge is -2.09. The van der Waals surface area contributed by atoms with Gasteiger partial charge < -0.3 is 10.1 Å². The van der Waals surface area contributed by atoms with Crippen LogP contribution in [0.3, 0.4) is 0 Å². The summed E-state index contributed by atoms with van der Waals surface area (Å²) in [7, 11) is 1.57. The summed E-state index contributed by atoms with van der Waals surface area (Å²) in [5, 5.41) is 3.49. The fourth-order valence-electron chi connectivity index (χ4n) is 2.44. The van der Waals surface area contributed by atoms with Crippen LogP contribution in [0.1, 0.15) is 21.6 Å². The van der Waals surface area contributed by atoms with Crippen molar-refractivity contribution in [3.05, 3.63) is 71.4 Å². The second-order valence-electron chi connectivity index (χ2n) is 5.63. The highest BCUT2D eigenvalue weighted by atomic mass is 19.4. The van der Waals surface area contributed by atoms with E-state index in [9.17, 15) is 18.0 Å². The van der Waals surface area contributed by atoms with E-state index in [2.05, 4.69) is 10.3 Å². The number of ether oxygens (including phenoxy) is 1. The van der Waals surface area contributed by atoms with E-state index in [1.165, 1.54) is 12.1 Å². The van der Waals surface area contributed by atoms with Crippen molar-refractivity contribution >= 4 is 16.8 Å². The molecule has 0 saturated heterocycles. The van der Waals surface area contributed by atoms with Gasteiger partial charge >= 0.3 is 6.18 Å². The summed E-state index contributed by atoms with van der Waals surface area (Å²) >= 11 is 0. The molecule has 3 aromatic rings. The molecule has 0 saturated carbocycles. The number of amides is 1. The lowest BCUT2D eigenvalue weighted by atomic mass is 10.1. The zero-order valence-corrected chi connectivity index (χ0v) is 13.8. The fraction of sp³-hybridized carbons (Fsp3) is 0.158. The summed E-state index contributed by atoms with van der Waals surface area (Å²) in [6.07, 6.45) is -4.38. The Bertz CT molecular complexity index is 938. The summed E-state index contributed by atoms with van der Waals surface area (Å²) < 4.78 is 42.8. The maximum absolute atomic E-state index is 12.5. The van der Waals surface area contributed by atoms with E-state index in [0.717, 1.165) is 17.5 Å². The van der Waals surface area contributed by atoms with Crippen molar-refractivity contribution < 1.29 is 22.7 Å². The average molecular weight is 360 g/mol. The molecule has 2 aromatic carbocycles. The van der Waals surface area contributed by atoms with Crippen molar-refractivity contribution in [1.29, 1.82) is 0 Å². The Balaban J connectivity index is 1.69. The molecule has 0 aliphatic rings. The summed E-state index contributed by atoms with van der Waals surface area (Å²) in [4.78, 5) is 16.5. The van der Waals surface area contributed by atoms with Gasteiger partial charge in [0.25, 0.3) is 5.91 Å². The zero-order valence-electron chi connectivity index (χ0n) is 13.8. The van der Waals surface area contributed by atoms with E-state index in [1.54, 1.807) is 31.4 Å². The van der Waals surface area contributed by atoms with Crippen molar-refractivity contribution in [3.63, 3.8) is 0 Å². The Morgan fingerprint density at radius 1 is 1.08 bits per heavy atom. The number of alkyl halides is 3. The van der Waals surface area contributed by atoms with Crippen LogP contribution in [0.15, 0.2) is 54.6 Å². The number of nitrogens with one attached hydrogen (secondary N) is 1. The molecule has 0 fully saturated rings. The van der Waals surface area contributed by atoms with E-state index >= 15 is 0 Å². The minimum absolute atomic E-state index is 0.110. The first kappa shape index (κ1) is 17.7. The van der Waals surface area contributed by atoms with Gasteiger partial charge in [-0.2, -0.15) is 13.2 Å². The molecule has 0 aliphatic carbocycles. The average Bonchev–Trinajstić information content (AvgIpc) is 2.64. The maximum atomic E-state index is 12.5. The first-order valence-electron chi connectivity index (χ1n) is 7.76. The third kappa shape index (κ3) is 3.93. The highest BCUT2D eigenvalue weighted by Crippen LogP contribution is 2.29. The number of methoxy groups -OCH3 is 1. The van der Waals surface area contributed by atoms with Crippen LogP contribution in [0.4, 0.5) is 13.2 Å². The minimum Gasteiger partial charge on any atom is -0.497 e. The molecule has 0 spiro atoms. The molecule has 0 radical (unpaired) electrons. The van der Waals surface area contributed by atoms with Crippen LogP contribution in [-0.4, -0.2) is 18.0 Å². The molecule has 0 bridgehead atoms. The van der Waals surface area contributed by atoms with Crippen LogP contribution in [0.2, 0.25) is 0 Å². The monoisotopic (exact) mass is 360 g/mol. The van der Waals surface area contributed by atoms with Crippen LogP contribution in [0.25, 0.3) is 10.9 Å². The van der Waals surface area contributed by atoms with Crippen molar-refractivity contribution in [1.82, 2.24) is 10.3 Å². The topological polar surface area (TPSA) is 51.2 Å². The van der Waals surface area contributed by atoms with Gasteiger partial charge in [-0.15, -0.1) is 0 Å². The van der Waals surface area contributed by atoms with Gasteiger partial charge in [-0.3, -0.25) is 4.79 Å². The predicted molar refractivity (Wildman–Crippen MR) is 90.9 cm³/mol. The van der Waals surface area contributed by atoms with Gasteiger partial charge in [0, 0.05) is 11.9 Å². The van der Waals surface area contributed by atoms with Crippen LogP contribution in [-0.2, 0) is 12.7 Å². The molecule has 0 unspecified atom stereocenters. The SMILES string of the molecule is COc1ccc2nc(C(=O)NCc3ccc(C(F)(F)F)cc3)ccc2c1. The zero-order chi connectivity index (χ0) is 18.7. The van der Waals surface area contributed by atoms with Gasteiger partial charge in [0.2, 0.25) is 0 Å². The van der Waals surface area contributed by atoms with Crippen molar-refractivity contribution in [2.45, 2.75) is 12.7 Å². The second-order valence-corrected chi connectivity index (χ2v) is 5.63. The Hall–Kier alpha value is -3.09. The lowest BCUT2D eigenvalue weighted by Crippen LogP contribution is -2.23. The Labute approximate surface area is 147 Å². The van der Waals surface area contributed by atoms with Gasteiger partial charge in [0.05, 0.1) is 18.2 Å². The highest BCUT2D eigenvalue weighted by Gasteiger charge is 2.29. The fourth-order valence-corrected chi connectivity index (χ4v) is 2.44. The number of carbonyl (C=O) groups is 1. The Kier molecular flexibility index (Phi) is 4.79. The number of nitrogens with zero attached hydrogens (tertiary/aromatic N) is 1. The largest absolute Gasteiger partial charge is 0.497 e. The smallest absolute Gasteiger partial charge is 0.416 e. The van der Waals surface area contributed by atoms with E-state index in [4.69, 9.17) is 4.74 Å². The standard InChI is InChI=1S/C19H15F3N2O2/c1-26-15-7-9-16-13(10-15)4-8-17(24-16)18(25)23-11-12-2-5-14(6-3-12)19(20,21)22/h2-10H,11H2,1H3,(H,23,25). The number of halogens is 3. The summed E-state index contributed by atoms with van der Waals surface area (Å²) in [6, 6.07) is 13.3. The molecular formula is C19H15F3N2O2. The molecule has 1 aromatic heterocycles. The number of hydrogen-bond acceptors (Lipinski definition) is 3. The van der Waals surface area contributed by atoms with Gasteiger partial charge in [-0.05, 0) is 42.0 Å². The third-order valence-electron chi connectivity index (χ3n) is 3.86. The molecule has 0 atom stereocenters. The molecule has 134 valence electrons. The minimum atomic E-state index is -4.38. The Morgan fingerprint density at radius 3 is 2.46 bits per heavy atom. The van der Waals surface area contributed by atoms with Crippen LogP contribution < -0.4 is 10.1 Å². The summed E-state index contributed by atoms with van der Waals surface area (Å²) in [6.45, 7) is 0.110. The summed E-state index contributed by atoms with van der Waals surface area (Å²) in [5.74, 6) is 0.293. The van der Waals surface area contributed by atoms with Crippen molar-refractivity contribution in [2.75, 3.05) is 7.11 Å². The molecule has 26 heavy (non-hydrogen) atoms. The molecule has 0 aliphatic heterocycles. The van der Waals surface area contributed by atoms with E-state index in [1.807, 2.05) is 6.07 Å². The molecule has 3 rings (SSSR count). The predicted octanol–water partition coefficient (Wildman–Crippen LogP) is 4.19. The number of fused-ring (bicyclic) bond motifs is 1. The van der Waals surface area contributed by atoms with Crippen LogP contribution in [0, 0.1) is 0 Å². The molecular weight excluding hydrogens is 345 g/mol. The molecule has 7 heteroatoms. The lowest BCUT2D eigenvalue weighted by molar-refractivity contribution is -0.137. The van der Waals surface area contributed by atoms with Gasteiger partial charge in [0.15, 0.2) is 0 Å². The Morgan fingerprint density at radius 2 is 1.81 bits per heavy atom. The van der Waals surface area contributed by atoms with E-state index in [-0.39, 0.29) is 12.2 Å². The normalized spacial score (nSPS) is 11.4. The molecule has 1 heterocycles. The number of rotatable bonds is 4. The third-order valence-corrected chi connectivity index (χ3v) is 3.86. The number of pyridine rings is 1. The van der Waals surface area contributed by atoms with Gasteiger partial charge in [0.1, 0.15) is 11.4 Å². The highest BCUT2D eigenvalue weighted by molar-refractivity contribution is 5.95. The number of hydrogen-bond donors (Lipinski definition) is 1. The number of benzene rings is 2. The molecule has 1 amide bonds. The quantitative estimate of drug-likeness (QED) is 0.759. The van der Waals surface area contributed by atoms with E-state index in [0.29, 0.717) is 16.8 Å². The van der Waals surface area contributed by atoms with Crippen LogP contribution in [0.5, 0.6) is 5.75 Å². The first-order chi connectivity index (χ1) is 12.4. The first-order valence-corrected chi connectivity index (χ1v) is 7.76. The van der Waals surface area contributed by atoms with Crippen molar-refractivity contribution in [2.24, 2.45) is 0 Å². The van der Waals surface area contributed by atoms with Crippen LogP contribution >= 0.6 is 0 Å². The van der Waals surface area contributed by atoms with Gasteiger partial charge in [-0.1, -0.05) is 18.2 Å². The second kappa shape index (κ2) is 7.03. The number of aromatic nitrogens is 1. The van der Waals surface area contributed by atoms with E-state index < -0.39 is 17.6 Å². The maximum Gasteiger partial charge on any atom is 0.416 e. The number of carbonyl (C=O) groups excluding carboxylic acids is 1. The summed E-state index contributed by atoms with van der Waals surface area (Å²) in [5.41, 5.74) is 0.721. The van der Waals surface area contributed by atoms with Gasteiger partial charge in [-0.25, -0.2) is 4.98 Å².